The van der Waals surface area contributed by atoms with Crippen LogP contribution in [0.3, 0.4) is 0 Å². The van der Waals surface area contributed by atoms with Crippen molar-refractivity contribution < 1.29 is 17.2 Å². The van der Waals surface area contributed by atoms with Gasteiger partial charge >= 0.3 is 0 Å². The molecule has 0 saturated carbocycles. The number of halogens is 2. The van der Waals surface area contributed by atoms with Gasteiger partial charge in [0, 0.05) is 23.8 Å². The number of hydrogen-bond donors (Lipinski definition) is 0. The molecule has 3 aromatic rings. The first-order valence-electron chi connectivity index (χ1n) is 6.23. The number of rotatable bonds is 4. The predicted octanol–water partition coefficient (Wildman–Crippen LogP) is 2.36. The molecule has 1 aromatic carbocycles. The highest BCUT2D eigenvalue weighted by atomic mass is 32.2. The van der Waals surface area contributed by atoms with Gasteiger partial charge in [0.25, 0.3) is 0 Å². The molecule has 0 atom stereocenters. The van der Waals surface area contributed by atoms with E-state index in [0.717, 1.165) is 18.4 Å². The summed E-state index contributed by atoms with van der Waals surface area (Å²) in [6.07, 6.45) is 2.62. The van der Waals surface area contributed by atoms with Gasteiger partial charge in [-0.15, -0.1) is 11.3 Å². The molecule has 0 aliphatic rings. The minimum absolute atomic E-state index is 0.109. The molecule has 0 bridgehead atoms. The van der Waals surface area contributed by atoms with Gasteiger partial charge in [-0.2, -0.15) is 0 Å². The molecule has 9 heteroatoms. The maximum absolute atomic E-state index is 13.3. The molecule has 3 rings (SSSR count). The normalized spacial score (nSPS) is 12.1. The quantitative estimate of drug-likeness (QED) is 0.729. The number of sulfone groups is 1. The van der Waals surface area contributed by atoms with Gasteiger partial charge in [-0.05, 0) is 0 Å². The SMILES string of the molecule is CS(=O)(=O)Cc1nc(Cn2cnc3cc(F)c(F)cc32)cs1. The predicted molar refractivity (Wildman–Crippen MR) is 79.4 cm³/mol. The van der Waals surface area contributed by atoms with Crippen molar-refractivity contribution in [2.75, 3.05) is 6.26 Å². The Hall–Kier alpha value is -1.87. The fraction of sp³-hybridized carbons (Fsp3) is 0.231. The van der Waals surface area contributed by atoms with Crippen LogP contribution in [0, 0.1) is 11.6 Å². The Kier molecular flexibility index (Phi) is 3.69. The first-order chi connectivity index (χ1) is 10.3. The molecule has 0 fully saturated rings. The molecule has 0 spiro atoms. The summed E-state index contributed by atoms with van der Waals surface area (Å²) in [5.74, 6) is -1.99. The van der Waals surface area contributed by atoms with E-state index in [1.807, 2.05) is 0 Å². The van der Waals surface area contributed by atoms with E-state index in [2.05, 4.69) is 9.97 Å². The minimum atomic E-state index is -3.13. The summed E-state index contributed by atoms with van der Waals surface area (Å²) in [6.45, 7) is 0.307. The van der Waals surface area contributed by atoms with Crippen molar-refractivity contribution in [1.82, 2.24) is 14.5 Å². The first kappa shape index (κ1) is 15.0. The average molecular weight is 343 g/mol. The zero-order valence-corrected chi connectivity index (χ0v) is 13.1. The molecule has 0 aliphatic heterocycles. The third kappa shape index (κ3) is 3.14. The second kappa shape index (κ2) is 5.40. The number of benzene rings is 1. The van der Waals surface area contributed by atoms with Crippen LogP contribution >= 0.6 is 11.3 Å². The summed E-state index contributed by atoms with van der Waals surface area (Å²) in [5.41, 5.74) is 1.45. The van der Waals surface area contributed by atoms with Crippen molar-refractivity contribution in [3.63, 3.8) is 0 Å². The third-order valence-corrected chi connectivity index (χ3v) is 4.86. The molecule has 0 aliphatic carbocycles. The van der Waals surface area contributed by atoms with Gasteiger partial charge in [-0.1, -0.05) is 0 Å². The van der Waals surface area contributed by atoms with Crippen LogP contribution in [-0.4, -0.2) is 29.2 Å². The maximum Gasteiger partial charge on any atom is 0.161 e. The van der Waals surface area contributed by atoms with Crippen LogP contribution in [0.5, 0.6) is 0 Å². The fourth-order valence-corrected chi connectivity index (χ4v) is 4.06. The maximum atomic E-state index is 13.3. The lowest BCUT2D eigenvalue weighted by molar-refractivity contribution is 0.510. The van der Waals surface area contributed by atoms with Gasteiger partial charge in [-0.3, -0.25) is 0 Å². The van der Waals surface area contributed by atoms with Gasteiger partial charge < -0.3 is 4.57 Å². The Morgan fingerprint density at radius 3 is 2.73 bits per heavy atom. The van der Waals surface area contributed by atoms with Crippen LogP contribution in [0.25, 0.3) is 11.0 Å². The van der Waals surface area contributed by atoms with Crippen molar-refractivity contribution >= 4 is 32.2 Å². The molecule has 2 heterocycles. The average Bonchev–Trinajstić information content (AvgIpc) is 2.97. The van der Waals surface area contributed by atoms with Crippen molar-refractivity contribution in [3.05, 3.63) is 46.2 Å². The van der Waals surface area contributed by atoms with Gasteiger partial charge in [0.1, 0.15) is 10.8 Å². The Morgan fingerprint density at radius 2 is 2.00 bits per heavy atom. The third-order valence-electron chi connectivity index (χ3n) is 2.98. The highest BCUT2D eigenvalue weighted by molar-refractivity contribution is 7.90. The monoisotopic (exact) mass is 343 g/mol. The summed E-state index contributed by atoms with van der Waals surface area (Å²) in [7, 11) is -3.13. The Balaban J connectivity index is 1.89. The zero-order valence-electron chi connectivity index (χ0n) is 11.5. The van der Waals surface area contributed by atoms with Crippen LogP contribution in [0.15, 0.2) is 23.8 Å². The molecule has 0 saturated heterocycles. The fourth-order valence-electron chi connectivity index (χ4n) is 2.07. The number of hydrogen-bond acceptors (Lipinski definition) is 5. The van der Waals surface area contributed by atoms with Crippen molar-refractivity contribution in [2.45, 2.75) is 12.3 Å². The molecule has 2 aromatic heterocycles. The smallest absolute Gasteiger partial charge is 0.161 e. The number of fused-ring (bicyclic) bond motifs is 1. The Morgan fingerprint density at radius 1 is 1.27 bits per heavy atom. The molecule has 0 N–H and O–H groups in total. The summed E-state index contributed by atoms with van der Waals surface area (Å²) >= 11 is 1.25. The number of aromatic nitrogens is 3. The van der Waals surface area contributed by atoms with E-state index in [-0.39, 0.29) is 5.75 Å². The van der Waals surface area contributed by atoms with Crippen LogP contribution in [-0.2, 0) is 22.1 Å². The standard InChI is InChI=1S/C13H11F2N3O2S2/c1-22(19,20)6-13-17-8(5-21-13)4-18-7-16-11-2-9(14)10(15)3-12(11)18/h2-3,5,7H,4,6H2,1H3. The van der Waals surface area contributed by atoms with Gasteiger partial charge in [0.2, 0.25) is 0 Å². The summed E-state index contributed by atoms with van der Waals surface area (Å²) in [6, 6.07) is 2.12. The molecule has 0 radical (unpaired) electrons. The highest BCUT2D eigenvalue weighted by Crippen LogP contribution is 2.20. The molecular weight excluding hydrogens is 332 g/mol. The van der Waals surface area contributed by atoms with E-state index in [0.29, 0.717) is 28.3 Å². The van der Waals surface area contributed by atoms with Gasteiger partial charge in [-0.25, -0.2) is 27.2 Å². The lowest BCUT2D eigenvalue weighted by Crippen LogP contribution is -2.02. The second-order valence-corrected chi connectivity index (χ2v) is 8.01. The van der Waals surface area contributed by atoms with E-state index in [1.54, 1.807) is 9.95 Å². The van der Waals surface area contributed by atoms with Crippen LogP contribution in [0.1, 0.15) is 10.7 Å². The van der Waals surface area contributed by atoms with E-state index in [9.17, 15) is 17.2 Å². The highest BCUT2D eigenvalue weighted by Gasteiger charge is 2.12. The summed E-state index contributed by atoms with van der Waals surface area (Å²) in [5, 5.41) is 2.24. The van der Waals surface area contributed by atoms with Crippen LogP contribution in [0.2, 0.25) is 0 Å². The lowest BCUT2D eigenvalue weighted by Gasteiger charge is -2.02. The first-order valence-corrected chi connectivity index (χ1v) is 9.17. The molecule has 5 nitrogen and oxygen atoms in total. The van der Waals surface area contributed by atoms with Crippen molar-refractivity contribution in [1.29, 1.82) is 0 Å². The molecule has 22 heavy (non-hydrogen) atoms. The minimum Gasteiger partial charge on any atom is -0.324 e. The van der Waals surface area contributed by atoms with Crippen molar-refractivity contribution in [2.24, 2.45) is 0 Å². The van der Waals surface area contributed by atoms with Gasteiger partial charge in [0.15, 0.2) is 21.5 Å². The molecular formula is C13H11F2N3O2S2. The van der Waals surface area contributed by atoms with Crippen LogP contribution in [0.4, 0.5) is 8.78 Å². The Labute approximate surface area is 129 Å². The van der Waals surface area contributed by atoms with E-state index in [4.69, 9.17) is 0 Å². The second-order valence-electron chi connectivity index (χ2n) is 4.93. The van der Waals surface area contributed by atoms with E-state index >= 15 is 0 Å². The molecule has 0 unspecified atom stereocenters. The number of thiazole rings is 1. The van der Waals surface area contributed by atoms with Gasteiger partial charge in [0.05, 0.1) is 29.6 Å². The van der Waals surface area contributed by atoms with E-state index < -0.39 is 21.5 Å². The zero-order chi connectivity index (χ0) is 15.9. The summed E-state index contributed by atoms with van der Waals surface area (Å²) in [4.78, 5) is 8.26. The number of imidazole rings is 1. The lowest BCUT2D eigenvalue weighted by atomic mass is 10.3. The van der Waals surface area contributed by atoms with E-state index in [1.165, 1.54) is 17.7 Å². The Bertz CT molecular complexity index is 948. The summed E-state index contributed by atoms with van der Waals surface area (Å²) < 4.78 is 50.6. The molecule has 0 amide bonds. The number of nitrogens with zero attached hydrogens (tertiary/aromatic N) is 3. The van der Waals surface area contributed by atoms with Crippen molar-refractivity contribution in [3.8, 4) is 0 Å². The molecule has 116 valence electrons. The largest absolute Gasteiger partial charge is 0.324 e. The topological polar surface area (TPSA) is 64.8 Å². The van der Waals surface area contributed by atoms with Crippen LogP contribution < -0.4 is 0 Å².